The Morgan fingerprint density at radius 1 is 0.981 bits per heavy atom. The van der Waals surface area contributed by atoms with Crippen LogP contribution in [0.25, 0.3) is 5.57 Å². The van der Waals surface area contributed by atoms with Crippen molar-refractivity contribution in [3.63, 3.8) is 0 Å². The number of aryl methyl sites for hydroxylation is 1. The monoisotopic (exact) mass is 740 g/mol. The number of benzene rings is 1. The van der Waals surface area contributed by atoms with Gasteiger partial charge in [-0.25, -0.2) is 4.79 Å². The fourth-order valence-electron chi connectivity index (χ4n) is 9.97. The molecule has 1 spiro atoms. The molecule has 1 heterocycles. The van der Waals surface area contributed by atoms with Crippen molar-refractivity contribution in [3.8, 4) is 11.5 Å². The minimum absolute atomic E-state index is 0.0303. The number of hydrogen-bond acceptors (Lipinski definition) is 7. The van der Waals surface area contributed by atoms with Gasteiger partial charge in [0.15, 0.2) is 0 Å². The number of carbonyl (C=O) groups excluding carboxylic acids is 1. The van der Waals surface area contributed by atoms with E-state index in [4.69, 9.17) is 9.47 Å². The summed E-state index contributed by atoms with van der Waals surface area (Å²) in [5.74, 6) is -0.0821. The highest BCUT2D eigenvalue weighted by Crippen LogP contribution is 2.60. The molecule has 0 saturated heterocycles. The Labute approximate surface area is 323 Å². The predicted molar refractivity (Wildman–Crippen MR) is 215 cm³/mol. The number of hydrogen-bond donors (Lipinski definition) is 4. The maximum Gasteiger partial charge on any atom is 0.342 e. The summed E-state index contributed by atoms with van der Waals surface area (Å²) < 4.78 is 13.0. The summed E-state index contributed by atoms with van der Waals surface area (Å²) in [6.07, 6.45) is 14.6. The Morgan fingerprint density at radius 2 is 1.67 bits per heavy atom. The molecule has 7 heteroatoms. The lowest BCUT2D eigenvalue weighted by atomic mass is 9.56. The summed E-state index contributed by atoms with van der Waals surface area (Å²) in [7, 11) is 0. The van der Waals surface area contributed by atoms with Crippen LogP contribution >= 0.6 is 0 Å². The van der Waals surface area contributed by atoms with Gasteiger partial charge in [0.1, 0.15) is 45.9 Å². The molecule has 1 saturated carbocycles. The average molecular weight is 741 g/mol. The van der Waals surface area contributed by atoms with Gasteiger partial charge in [0.2, 0.25) is 0 Å². The van der Waals surface area contributed by atoms with Crippen molar-refractivity contribution in [2.24, 2.45) is 17.3 Å². The van der Waals surface area contributed by atoms with Crippen LogP contribution in [0.5, 0.6) is 11.5 Å². The summed E-state index contributed by atoms with van der Waals surface area (Å²) in [5, 5.41) is 48.5. The smallest absolute Gasteiger partial charge is 0.342 e. The van der Waals surface area contributed by atoms with E-state index in [1.165, 1.54) is 5.57 Å². The van der Waals surface area contributed by atoms with Gasteiger partial charge in [0, 0.05) is 11.5 Å². The highest BCUT2D eigenvalue weighted by Gasteiger charge is 2.54. The van der Waals surface area contributed by atoms with Gasteiger partial charge in [-0.3, -0.25) is 0 Å². The molecule has 5 aliphatic rings. The molecule has 1 aromatic rings. The zero-order chi connectivity index (χ0) is 39.2. The second kappa shape index (κ2) is 15.4. The van der Waals surface area contributed by atoms with E-state index in [-0.39, 0.29) is 34.7 Å². The third-order valence-corrected chi connectivity index (χ3v) is 13.2. The normalized spacial score (nSPS) is 27.3. The molecular formula is C47H64O7. The van der Waals surface area contributed by atoms with Crippen LogP contribution in [0.3, 0.4) is 0 Å². The number of phenols is 1. The van der Waals surface area contributed by atoms with Crippen LogP contribution in [0.4, 0.5) is 0 Å². The van der Waals surface area contributed by atoms with E-state index < -0.39 is 28.7 Å². The van der Waals surface area contributed by atoms with Crippen molar-refractivity contribution in [2.75, 3.05) is 0 Å². The lowest BCUT2D eigenvalue weighted by Crippen LogP contribution is -2.51. The Balaban J connectivity index is 1.40. The minimum atomic E-state index is -1.37. The van der Waals surface area contributed by atoms with Crippen LogP contribution in [0.1, 0.15) is 149 Å². The van der Waals surface area contributed by atoms with Gasteiger partial charge in [-0.15, -0.1) is 0 Å². The maximum absolute atomic E-state index is 14.8. The van der Waals surface area contributed by atoms with Crippen molar-refractivity contribution in [3.05, 3.63) is 86.9 Å². The van der Waals surface area contributed by atoms with E-state index in [0.29, 0.717) is 54.6 Å². The molecule has 4 N–H and O–H groups in total. The lowest BCUT2D eigenvalue weighted by Gasteiger charge is -2.48. The predicted octanol–water partition coefficient (Wildman–Crippen LogP) is 11.4. The van der Waals surface area contributed by atoms with Gasteiger partial charge in [-0.1, -0.05) is 69.8 Å². The number of phenolic OH excluding ortho intramolecular Hbond substituents is 1. The Kier molecular flexibility index (Phi) is 11.4. The van der Waals surface area contributed by atoms with E-state index >= 15 is 0 Å². The molecule has 0 amide bonds. The zero-order valence-electron chi connectivity index (χ0n) is 33.9. The van der Waals surface area contributed by atoms with Gasteiger partial charge in [0.25, 0.3) is 0 Å². The van der Waals surface area contributed by atoms with Crippen LogP contribution < -0.4 is 4.74 Å². The van der Waals surface area contributed by atoms with Crippen LogP contribution in [0, 0.1) is 17.3 Å². The molecular weight excluding hydrogens is 677 g/mol. The number of ether oxygens (including phenoxy) is 2. The Bertz CT molecular complexity index is 1830. The van der Waals surface area contributed by atoms with Crippen molar-refractivity contribution in [1.82, 2.24) is 0 Å². The minimum Gasteiger partial charge on any atom is -0.510 e. The quantitative estimate of drug-likeness (QED) is 0.0957. The van der Waals surface area contributed by atoms with Crippen molar-refractivity contribution in [2.45, 2.75) is 162 Å². The van der Waals surface area contributed by atoms with Crippen molar-refractivity contribution in [1.29, 1.82) is 0 Å². The summed E-state index contributed by atoms with van der Waals surface area (Å²) in [5.41, 5.74) is 3.56. The second-order valence-corrected chi connectivity index (χ2v) is 17.7. The van der Waals surface area contributed by atoms with Gasteiger partial charge in [-0.05, 0) is 145 Å². The van der Waals surface area contributed by atoms with E-state index in [1.807, 2.05) is 26.8 Å². The fourth-order valence-corrected chi connectivity index (χ4v) is 9.97. The molecule has 1 aromatic carbocycles. The van der Waals surface area contributed by atoms with Crippen molar-refractivity contribution < 1.29 is 34.7 Å². The first-order valence-corrected chi connectivity index (χ1v) is 20.7. The van der Waals surface area contributed by atoms with Crippen LogP contribution in [0.15, 0.2) is 75.8 Å². The van der Waals surface area contributed by atoms with Gasteiger partial charge >= 0.3 is 5.97 Å². The highest BCUT2D eigenvalue weighted by atomic mass is 16.6. The number of esters is 1. The first kappa shape index (κ1) is 40.0. The van der Waals surface area contributed by atoms with Crippen LogP contribution in [-0.2, 0) is 16.0 Å². The third kappa shape index (κ3) is 7.10. The molecule has 294 valence electrons. The standard InChI is InChI=1S/C47H64O7/c1-9-11-13-16-30-25-35(48)40-37(26-30)53-45(6,7)34-20-23-46(8,42(50)39(34)40)54-44(52)38-31(17-14-12-10-2)27-36(49)41(47(43(38)51)21-15-22-47)33-24-29(5)18-19-32(33)28(3)4/h24-27,32-33,42,48-51H,3,9-23H2,1-2,4-8H3/t32-,33?,42?,46?/m0/s1. The summed E-state index contributed by atoms with van der Waals surface area (Å²) in [6, 6.07) is 3.74. The second-order valence-electron chi connectivity index (χ2n) is 17.7. The molecule has 4 aliphatic carbocycles. The average Bonchev–Trinajstić information content (AvgIpc) is 3.17. The first-order valence-electron chi connectivity index (χ1n) is 20.7. The number of allylic oxidation sites excluding steroid dienone is 5. The lowest BCUT2D eigenvalue weighted by molar-refractivity contribution is -0.163. The largest absolute Gasteiger partial charge is 0.510 e. The number of rotatable bonds is 12. The van der Waals surface area contributed by atoms with Gasteiger partial charge < -0.3 is 29.9 Å². The number of aromatic hydroxyl groups is 1. The maximum atomic E-state index is 14.8. The number of carbonyl (C=O) groups is 1. The molecule has 1 fully saturated rings. The zero-order valence-corrected chi connectivity index (χ0v) is 33.9. The summed E-state index contributed by atoms with van der Waals surface area (Å²) >= 11 is 0. The molecule has 0 bridgehead atoms. The molecule has 7 nitrogen and oxygen atoms in total. The summed E-state index contributed by atoms with van der Waals surface area (Å²) in [6.45, 7) is 18.5. The third-order valence-electron chi connectivity index (χ3n) is 13.2. The van der Waals surface area contributed by atoms with E-state index in [2.05, 4.69) is 33.4 Å². The Hall–Kier alpha value is -3.71. The molecule has 3 unspecified atom stereocenters. The Morgan fingerprint density at radius 3 is 2.30 bits per heavy atom. The first-order chi connectivity index (χ1) is 25.6. The number of aliphatic hydroxyl groups excluding tert-OH is 3. The SMILES string of the molecule is C=C(C)[C@@H]1CCC(C)=CC1C1=C(O)C=C(CCCCC)C(C(=O)OC2(C)CCC3=C(c4c(O)cc(CCCCC)cc4OC3(C)C)C2O)=C(O)C12CCC2. The summed E-state index contributed by atoms with van der Waals surface area (Å²) in [4.78, 5) is 14.8. The molecule has 1 aliphatic heterocycles. The van der Waals surface area contributed by atoms with E-state index in [9.17, 15) is 25.2 Å². The number of unbranched alkanes of at least 4 members (excludes halogenated alkanes) is 4. The molecule has 4 atom stereocenters. The topological polar surface area (TPSA) is 116 Å². The molecule has 6 rings (SSSR count). The molecule has 54 heavy (non-hydrogen) atoms. The molecule has 0 aromatic heterocycles. The number of aliphatic hydroxyl groups is 3. The van der Waals surface area contributed by atoms with Gasteiger partial charge in [-0.2, -0.15) is 0 Å². The van der Waals surface area contributed by atoms with Gasteiger partial charge in [0.05, 0.1) is 11.0 Å². The van der Waals surface area contributed by atoms with Crippen LogP contribution in [0.2, 0.25) is 0 Å². The molecule has 0 radical (unpaired) electrons. The van der Waals surface area contributed by atoms with Crippen molar-refractivity contribution >= 4 is 11.5 Å². The number of fused-ring (bicyclic) bond motifs is 2. The fraction of sp³-hybridized carbons (Fsp3) is 0.596. The van der Waals surface area contributed by atoms with E-state index in [0.717, 1.165) is 86.5 Å². The highest BCUT2D eigenvalue weighted by molar-refractivity contribution is 5.95. The van der Waals surface area contributed by atoms with E-state index in [1.54, 1.807) is 19.1 Å². The van der Waals surface area contributed by atoms with Crippen LogP contribution in [-0.4, -0.2) is 43.7 Å².